The van der Waals surface area contributed by atoms with Gasteiger partial charge in [-0.25, -0.2) is 0 Å². The van der Waals surface area contributed by atoms with Gasteiger partial charge in [0, 0.05) is 29.4 Å². The lowest BCUT2D eigenvalue weighted by molar-refractivity contribution is -0.122. The van der Waals surface area contributed by atoms with Gasteiger partial charge >= 0.3 is 0 Å². The van der Waals surface area contributed by atoms with E-state index in [1.54, 1.807) is 24.3 Å². The van der Waals surface area contributed by atoms with Crippen molar-refractivity contribution in [1.29, 1.82) is 0 Å². The first kappa shape index (κ1) is 18.8. The summed E-state index contributed by atoms with van der Waals surface area (Å²) in [4.78, 5) is 24.1. The predicted molar refractivity (Wildman–Crippen MR) is 102 cm³/mol. The van der Waals surface area contributed by atoms with Crippen LogP contribution in [-0.2, 0) is 11.3 Å². The zero-order valence-corrected chi connectivity index (χ0v) is 14.6. The van der Waals surface area contributed by atoms with E-state index in [9.17, 15) is 9.59 Å². The first-order chi connectivity index (χ1) is 11.6. The number of hydrogen-bond acceptors (Lipinski definition) is 3. The van der Waals surface area contributed by atoms with Crippen LogP contribution in [-0.4, -0.2) is 11.8 Å². The SMILES string of the molecule is Cl.Nc1cccc(C(=O)NCc2cccc(NC(=O)C3CCC3)c2)c1. The van der Waals surface area contributed by atoms with Gasteiger partial charge in [-0.15, -0.1) is 12.4 Å². The van der Waals surface area contributed by atoms with Gasteiger partial charge in [-0.1, -0.05) is 24.6 Å². The average molecular weight is 360 g/mol. The van der Waals surface area contributed by atoms with Gasteiger partial charge in [0.15, 0.2) is 0 Å². The van der Waals surface area contributed by atoms with Crippen LogP contribution in [0.4, 0.5) is 11.4 Å². The van der Waals surface area contributed by atoms with Gasteiger partial charge in [0.2, 0.25) is 5.91 Å². The van der Waals surface area contributed by atoms with Crippen molar-refractivity contribution < 1.29 is 9.59 Å². The quantitative estimate of drug-likeness (QED) is 0.716. The van der Waals surface area contributed by atoms with Gasteiger partial charge in [-0.05, 0) is 48.7 Å². The Morgan fingerprint density at radius 2 is 1.84 bits per heavy atom. The van der Waals surface area contributed by atoms with Crippen molar-refractivity contribution in [2.45, 2.75) is 25.8 Å². The maximum absolute atomic E-state index is 12.1. The Hall–Kier alpha value is -2.53. The number of halogens is 1. The van der Waals surface area contributed by atoms with Gasteiger partial charge < -0.3 is 16.4 Å². The van der Waals surface area contributed by atoms with E-state index in [0.29, 0.717) is 17.8 Å². The molecule has 2 aromatic carbocycles. The molecular formula is C19H22ClN3O2. The number of nitrogen functional groups attached to an aromatic ring is 1. The third kappa shape index (κ3) is 4.97. The molecule has 1 saturated carbocycles. The summed E-state index contributed by atoms with van der Waals surface area (Å²) in [6, 6.07) is 14.4. The molecule has 0 radical (unpaired) electrons. The number of carbonyl (C=O) groups is 2. The molecular weight excluding hydrogens is 338 g/mol. The Labute approximate surface area is 153 Å². The van der Waals surface area contributed by atoms with E-state index < -0.39 is 0 Å². The Bertz CT molecular complexity index is 760. The van der Waals surface area contributed by atoms with Crippen LogP contribution in [0.5, 0.6) is 0 Å². The molecule has 1 aliphatic rings. The lowest BCUT2D eigenvalue weighted by Crippen LogP contribution is -2.28. The molecule has 1 fully saturated rings. The summed E-state index contributed by atoms with van der Waals surface area (Å²) in [6.45, 7) is 0.390. The van der Waals surface area contributed by atoms with Crippen LogP contribution in [0.25, 0.3) is 0 Å². The van der Waals surface area contributed by atoms with E-state index >= 15 is 0 Å². The zero-order chi connectivity index (χ0) is 16.9. The molecule has 0 atom stereocenters. The molecule has 2 amide bonds. The molecule has 6 heteroatoms. The highest BCUT2D eigenvalue weighted by Gasteiger charge is 2.25. The van der Waals surface area contributed by atoms with Gasteiger partial charge in [-0.2, -0.15) is 0 Å². The number of rotatable bonds is 5. The number of anilines is 2. The van der Waals surface area contributed by atoms with Crippen LogP contribution in [0, 0.1) is 5.92 Å². The Balaban J connectivity index is 0.00000225. The molecule has 0 saturated heterocycles. The number of nitrogens with two attached hydrogens (primary N) is 1. The van der Waals surface area contributed by atoms with Gasteiger partial charge in [0.1, 0.15) is 0 Å². The fraction of sp³-hybridized carbons (Fsp3) is 0.263. The second-order valence-electron chi connectivity index (χ2n) is 6.13. The highest BCUT2D eigenvalue weighted by atomic mass is 35.5. The van der Waals surface area contributed by atoms with E-state index in [-0.39, 0.29) is 30.1 Å². The molecule has 2 aromatic rings. The largest absolute Gasteiger partial charge is 0.399 e. The van der Waals surface area contributed by atoms with E-state index in [0.717, 1.165) is 30.5 Å². The zero-order valence-electron chi connectivity index (χ0n) is 13.8. The van der Waals surface area contributed by atoms with Gasteiger partial charge in [-0.3, -0.25) is 9.59 Å². The summed E-state index contributed by atoms with van der Waals surface area (Å²) in [5.74, 6) is 0.0605. The van der Waals surface area contributed by atoms with Crippen molar-refractivity contribution in [1.82, 2.24) is 5.32 Å². The van der Waals surface area contributed by atoms with E-state index in [4.69, 9.17) is 5.73 Å². The monoisotopic (exact) mass is 359 g/mol. The molecule has 0 heterocycles. The molecule has 3 rings (SSSR count). The summed E-state index contributed by atoms with van der Waals surface area (Å²) in [5, 5.41) is 5.80. The summed E-state index contributed by atoms with van der Waals surface area (Å²) in [6.07, 6.45) is 3.08. The number of carbonyl (C=O) groups excluding carboxylic acids is 2. The van der Waals surface area contributed by atoms with Crippen LogP contribution >= 0.6 is 12.4 Å². The van der Waals surface area contributed by atoms with Crippen molar-refractivity contribution in [3.8, 4) is 0 Å². The molecule has 0 aromatic heterocycles. The summed E-state index contributed by atoms with van der Waals surface area (Å²) in [5.41, 5.74) is 8.48. The van der Waals surface area contributed by atoms with E-state index in [1.165, 1.54) is 0 Å². The smallest absolute Gasteiger partial charge is 0.251 e. The second-order valence-corrected chi connectivity index (χ2v) is 6.13. The normalized spacial score (nSPS) is 13.3. The topological polar surface area (TPSA) is 84.2 Å². The fourth-order valence-corrected chi connectivity index (χ4v) is 2.64. The van der Waals surface area contributed by atoms with Crippen LogP contribution in [0.15, 0.2) is 48.5 Å². The minimum Gasteiger partial charge on any atom is -0.399 e. The number of benzene rings is 2. The maximum Gasteiger partial charge on any atom is 0.251 e. The van der Waals surface area contributed by atoms with Crippen molar-refractivity contribution >= 4 is 35.6 Å². The van der Waals surface area contributed by atoms with Gasteiger partial charge in [0.05, 0.1) is 0 Å². The second kappa shape index (κ2) is 8.53. The molecule has 132 valence electrons. The first-order valence-electron chi connectivity index (χ1n) is 8.15. The lowest BCUT2D eigenvalue weighted by atomic mass is 9.85. The van der Waals surface area contributed by atoms with Crippen molar-refractivity contribution in [3.63, 3.8) is 0 Å². The Morgan fingerprint density at radius 3 is 2.52 bits per heavy atom. The average Bonchev–Trinajstić information content (AvgIpc) is 2.51. The first-order valence-corrected chi connectivity index (χ1v) is 8.15. The molecule has 0 aliphatic heterocycles. The molecule has 0 unspecified atom stereocenters. The number of amides is 2. The number of hydrogen-bond donors (Lipinski definition) is 3. The minimum absolute atomic E-state index is 0. The minimum atomic E-state index is -0.175. The molecule has 0 bridgehead atoms. The van der Waals surface area contributed by atoms with Crippen molar-refractivity contribution in [3.05, 3.63) is 59.7 Å². The van der Waals surface area contributed by atoms with E-state index in [1.807, 2.05) is 24.3 Å². The van der Waals surface area contributed by atoms with E-state index in [2.05, 4.69) is 10.6 Å². The molecule has 25 heavy (non-hydrogen) atoms. The lowest BCUT2D eigenvalue weighted by Gasteiger charge is -2.24. The third-order valence-corrected chi connectivity index (χ3v) is 4.27. The summed E-state index contributed by atoms with van der Waals surface area (Å²) in [7, 11) is 0. The molecule has 0 spiro atoms. The standard InChI is InChI=1S/C19H21N3O2.ClH/c20-16-8-3-7-15(11-16)18(23)21-12-13-4-1-9-17(10-13)22-19(24)14-5-2-6-14;/h1,3-4,7-11,14H,2,5-6,12,20H2,(H,21,23)(H,22,24);1H. The highest BCUT2D eigenvalue weighted by Crippen LogP contribution is 2.27. The fourth-order valence-electron chi connectivity index (χ4n) is 2.64. The number of nitrogens with one attached hydrogen (secondary N) is 2. The molecule has 4 N–H and O–H groups in total. The van der Waals surface area contributed by atoms with Gasteiger partial charge in [0.25, 0.3) is 5.91 Å². The molecule has 1 aliphatic carbocycles. The Morgan fingerprint density at radius 1 is 1.08 bits per heavy atom. The summed E-state index contributed by atoms with van der Waals surface area (Å²) < 4.78 is 0. The maximum atomic E-state index is 12.1. The highest BCUT2D eigenvalue weighted by molar-refractivity contribution is 5.95. The van der Waals surface area contributed by atoms with Crippen LogP contribution in [0.3, 0.4) is 0 Å². The van der Waals surface area contributed by atoms with Crippen molar-refractivity contribution in [2.75, 3.05) is 11.1 Å². The van der Waals surface area contributed by atoms with Crippen LogP contribution < -0.4 is 16.4 Å². The van der Waals surface area contributed by atoms with Crippen LogP contribution in [0.1, 0.15) is 35.2 Å². The predicted octanol–water partition coefficient (Wildman–Crippen LogP) is 3.36. The van der Waals surface area contributed by atoms with Crippen LogP contribution in [0.2, 0.25) is 0 Å². The van der Waals surface area contributed by atoms with Crippen molar-refractivity contribution in [2.24, 2.45) is 5.92 Å². The summed E-state index contributed by atoms with van der Waals surface area (Å²) >= 11 is 0. The third-order valence-electron chi connectivity index (χ3n) is 4.27. The Kier molecular flexibility index (Phi) is 6.42. The molecule has 5 nitrogen and oxygen atoms in total.